The van der Waals surface area contributed by atoms with Gasteiger partial charge in [0.2, 0.25) is 0 Å². The van der Waals surface area contributed by atoms with Crippen LogP contribution in [0.2, 0.25) is 0 Å². The minimum Gasteiger partial charge on any atom is -0.377 e. The molecule has 1 N–H and O–H groups in total. The molecule has 0 heterocycles. The first kappa shape index (κ1) is 15.8. The van der Waals surface area contributed by atoms with Gasteiger partial charge < -0.3 is 5.32 Å². The van der Waals surface area contributed by atoms with E-state index in [9.17, 15) is 10.1 Å². The fourth-order valence-corrected chi connectivity index (χ4v) is 3.45. The van der Waals surface area contributed by atoms with Gasteiger partial charge in [-0.1, -0.05) is 32.8 Å². The fourth-order valence-electron chi connectivity index (χ4n) is 3.45. The molecule has 4 heteroatoms. The van der Waals surface area contributed by atoms with Gasteiger partial charge in [0.05, 0.1) is 4.92 Å². The second-order valence-corrected chi connectivity index (χ2v) is 6.78. The summed E-state index contributed by atoms with van der Waals surface area (Å²) < 4.78 is 0. The number of benzene rings is 1. The van der Waals surface area contributed by atoms with Crippen LogP contribution in [0.5, 0.6) is 0 Å². The van der Waals surface area contributed by atoms with Gasteiger partial charge in [-0.25, -0.2) is 0 Å². The number of nitrogens with one attached hydrogen (secondary N) is 1. The predicted molar refractivity (Wildman–Crippen MR) is 86.7 cm³/mol. The van der Waals surface area contributed by atoms with E-state index in [0.29, 0.717) is 11.7 Å². The molecule has 4 nitrogen and oxygen atoms in total. The molecule has 1 aliphatic rings. The van der Waals surface area contributed by atoms with Crippen LogP contribution in [0.25, 0.3) is 0 Å². The third-order valence-corrected chi connectivity index (χ3v) is 4.30. The number of nitrogens with zero attached hydrogens (tertiary/aromatic N) is 1. The van der Waals surface area contributed by atoms with Crippen molar-refractivity contribution in [3.05, 3.63) is 33.9 Å². The van der Waals surface area contributed by atoms with Gasteiger partial charge >= 0.3 is 0 Å². The maximum absolute atomic E-state index is 11.2. The molecule has 2 rings (SSSR count). The van der Waals surface area contributed by atoms with Gasteiger partial charge in [0.25, 0.3) is 5.69 Å². The van der Waals surface area contributed by atoms with Gasteiger partial charge in [-0.15, -0.1) is 0 Å². The first-order valence-electron chi connectivity index (χ1n) is 7.97. The number of hydrogen-bond donors (Lipinski definition) is 1. The minimum absolute atomic E-state index is 0.187. The van der Waals surface area contributed by atoms with Crippen molar-refractivity contribution >= 4 is 11.4 Å². The molecule has 0 radical (unpaired) electrons. The van der Waals surface area contributed by atoms with Crippen LogP contribution >= 0.6 is 0 Å². The highest BCUT2D eigenvalue weighted by Crippen LogP contribution is 2.33. The summed E-state index contributed by atoms with van der Waals surface area (Å²) in [5.41, 5.74) is 1.92. The van der Waals surface area contributed by atoms with Gasteiger partial charge in [0.1, 0.15) is 5.69 Å². The van der Waals surface area contributed by atoms with Gasteiger partial charge in [0.15, 0.2) is 0 Å². The van der Waals surface area contributed by atoms with Gasteiger partial charge in [-0.05, 0) is 49.7 Å². The predicted octanol–water partition coefficient (Wildman–Crippen LogP) is 4.92. The maximum atomic E-state index is 11.2. The molecule has 2 unspecified atom stereocenters. The summed E-state index contributed by atoms with van der Waals surface area (Å²) in [6, 6.07) is 5.66. The molecule has 1 aliphatic carbocycles. The zero-order valence-corrected chi connectivity index (χ0v) is 13.3. The molecule has 0 saturated heterocycles. The van der Waals surface area contributed by atoms with Crippen molar-refractivity contribution < 1.29 is 4.92 Å². The van der Waals surface area contributed by atoms with Crippen molar-refractivity contribution in [1.82, 2.24) is 0 Å². The third-order valence-electron chi connectivity index (χ3n) is 4.30. The van der Waals surface area contributed by atoms with Gasteiger partial charge in [-0.3, -0.25) is 10.1 Å². The van der Waals surface area contributed by atoms with Crippen molar-refractivity contribution in [2.75, 3.05) is 5.32 Å². The molecule has 0 spiro atoms. The second-order valence-electron chi connectivity index (χ2n) is 6.78. The Hall–Kier alpha value is -1.58. The van der Waals surface area contributed by atoms with Crippen LogP contribution in [0, 0.1) is 28.9 Å². The van der Waals surface area contributed by atoms with Crippen molar-refractivity contribution in [3.63, 3.8) is 0 Å². The number of aryl methyl sites for hydroxylation is 1. The Labute approximate surface area is 127 Å². The summed E-state index contributed by atoms with van der Waals surface area (Å²) in [7, 11) is 0. The molecule has 21 heavy (non-hydrogen) atoms. The molecule has 2 atom stereocenters. The largest absolute Gasteiger partial charge is 0.377 e. The first-order valence-corrected chi connectivity index (χ1v) is 7.97. The van der Waals surface area contributed by atoms with E-state index >= 15 is 0 Å². The maximum Gasteiger partial charge on any atom is 0.292 e. The second kappa shape index (κ2) is 6.92. The van der Waals surface area contributed by atoms with Crippen molar-refractivity contribution in [3.8, 4) is 0 Å². The van der Waals surface area contributed by atoms with E-state index in [2.05, 4.69) is 19.2 Å². The van der Waals surface area contributed by atoms with E-state index in [1.807, 2.05) is 13.0 Å². The normalized spacial score (nSPS) is 22.3. The third kappa shape index (κ3) is 4.45. The van der Waals surface area contributed by atoms with E-state index in [1.165, 1.54) is 19.3 Å². The molecule has 0 aromatic heterocycles. The van der Waals surface area contributed by atoms with Crippen LogP contribution in [0.4, 0.5) is 11.4 Å². The van der Waals surface area contributed by atoms with Crippen LogP contribution < -0.4 is 5.32 Å². The number of anilines is 1. The average Bonchev–Trinajstić information content (AvgIpc) is 2.38. The molecule has 1 aromatic rings. The molecule has 0 aliphatic heterocycles. The van der Waals surface area contributed by atoms with Gasteiger partial charge in [0, 0.05) is 12.1 Å². The smallest absolute Gasteiger partial charge is 0.292 e. The summed E-state index contributed by atoms with van der Waals surface area (Å²) in [5, 5.41) is 14.6. The zero-order valence-electron chi connectivity index (χ0n) is 13.3. The Morgan fingerprint density at radius 2 is 2.14 bits per heavy atom. The minimum atomic E-state index is -0.295. The van der Waals surface area contributed by atoms with E-state index in [1.54, 1.807) is 12.1 Å². The Morgan fingerprint density at radius 3 is 2.81 bits per heavy atom. The number of hydrogen-bond acceptors (Lipinski definition) is 3. The Balaban J connectivity index is 2.07. The molecule has 116 valence electrons. The SMILES string of the molecule is Cc1ccc([N+](=O)[O-])c(NC2CCCC(CC(C)C)C2)c1. The van der Waals surface area contributed by atoms with Crippen molar-refractivity contribution in [1.29, 1.82) is 0 Å². The highest BCUT2D eigenvalue weighted by atomic mass is 16.6. The van der Waals surface area contributed by atoms with Crippen LogP contribution in [0.1, 0.15) is 51.5 Å². The molecule has 0 bridgehead atoms. The monoisotopic (exact) mass is 290 g/mol. The highest BCUT2D eigenvalue weighted by molar-refractivity contribution is 5.63. The molecule has 1 fully saturated rings. The first-order chi connectivity index (χ1) is 9.95. The van der Waals surface area contributed by atoms with Crippen molar-refractivity contribution in [2.45, 2.75) is 58.9 Å². The van der Waals surface area contributed by atoms with Crippen LogP contribution in [0.3, 0.4) is 0 Å². The lowest BCUT2D eigenvalue weighted by Gasteiger charge is -2.31. The Bertz CT molecular complexity index is 500. The fraction of sp³-hybridized carbons (Fsp3) is 0.647. The number of nitro benzene ring substituents is 1. The molecular formula is C17H26N2O2. The number of nitro groups is 1. The summed E-state index contributed by atoms with van der Waals surface area (Å²) >= 11 is 0. The van der Waals surface area contributed by atoms with Crippen molar-refractivity contribution in [2.24, 2.45) is 11.8 Å². The van der Waals surface area contributed by atoms with E-state index in [0.717, 1.165) is 30.2 Å². The lowest BCUT2D eigenvalue weighted by molar-refractivity contribution is -0.384. The van der Waals surface area contributed by atoms with Crippen LogP contribution in [-0.4, -0.2) is 11.0 Å². The molecule has 1 saturated carbocycles. The van der Waals surface area contributed by atoms with E-state index in [-0.39, 0.29) is 10.6 Å². The molecular weight excluding hydrogens is 264 g/mol. The van der Waals surface area contributed by atoms with Crippen LogP contribution in [0.15, 0.2) is 18.2 Å². The van der Waals surface area contributed by atoms with E-state index in [4.69, 9.17) is 0 Å². The van der Waals surface area contributed by atoms with Gasteiger partial charge in [-0.2, -0.15) is 0 Å². The average molecular weight is 290 g/mol. The summed E-state index contributed by atoms with van der Waals surface area (Å²) in [5.74, 6) is 1.47. The van der Waals surface area contributed by atoms with E-state index < -0.39 is 0 Å². The standard InChI is InChI=1S/C17H26N2O2/c1-12(2)9-14-5-4-6-15(11-14)18-16-10-13(3)7-8-17(16)19(20)21/h7-8,10,12,14-15,18H,4-6,9,11H2,1-3H3. The summed E-state index contributed by atoms with van der Waals surface area (Å²) in [6.45, 7) is 6.50. The number of rotatable bonds is 5. The molecule has 0 amide bonds. The van der Waals surface area contributed by atoms with Crippen LogP contribution in [-0.2, 0) is 0 Å². The zero-order chi connectivity index (χ0) is 15.4. The summed E-state index contributed by atoms with van der Waals surface area (Å²) in [6.07, 6.45) is 6.01. The lowest BCUT2D eigenvalue weighted by atomic mass is 9.81. The lowest BCUT2D eigenvalue weighted by Crippen LogP contribution is -2.28. The summed E-state index contributed by atoms with van der Waals surface area (Å²) in [4.78, 5) is 10.9. The highest BCUT2D eigenvalue weighted by Gasteiger charge is 2.24. The Morgan fingerprint density at radius 1 is 1.38 bits per heavy atom. The Kier molecular flexibility index (Phi) is 5.21. The molecule has 1 aromatic carbocycles. The topological polar surface area (TPSA) is 55.2 Å². The quantitative estimate of drug-likeness (QED) is 0.618.